The van der Waals surface area contributed by atoms with Crippen LogP contribution in [-0.2, 0) is 21.7 Å². The van der Waals surface area contributed by atoms with Crippen molar-refractivity contribution < 1.29 is 0 Å². The number of fused-ring (bicyclic) bond motifs is 7. The molecule has 0 amide bonds. The van der Waals surface area contributed by atoms with Crippen molar-refractivity contribution in [1.29, 1.82) is 0 Å². The summed E-state index contributed by atoms with van der Waals surface area (Å²) in [6.07, 6.45) is 0. The lowest BCUT2D eigenvalue weighted by Gasteiger charge is -2.46. The third-order valence-corrected chi connectivity index (χ3v) is 16.1. The minimum absolute atomic E-state index is 0.0248. The number of rotatable bonds is 5. The molecule has 2 nitrogen and oxygen atoms in total. The van der Waals surface area contributed by atoms with E-state index in [0.717, 1.165) is 5.69 Å². The molecule has 72 heavy (non-hydrogen) atoms. The molecule has 0 spiro atoms. The van der Waals surface area contributed by atoms with Gasteiger partial charge in [-0.25, -0.2) is 0 Å². The van der Waals surface area contributed by atoms with Crippen molar-refractivity contribution in [3.05, 3.63) is 222 Å². The molecule has 0 saturated heterocycles. The molecule has 0 aromatic heterocycles. The third kappa shape index (κ3) is 7.30. The fraction of sp³-hybridized carbons (Fsp3) is 0.217. The SMILES string of the molecule is CC(C)(C)c1ccc(N2c3cc(C(C)(C)C)ccc3B3c4cc(-c5ccccc5)ccc4N(c4ccc(-c5cccc6c5C(C)(C)c5ccccc5-6)cc4)c4cc(C(C)(C)C)cc2c43)c(-c2ccccc2)c1. The van der Waals surface area contributed by atoms with E-state index >= 15 is 0 Å². The van der Waals surface area contributed by atoms with Crippen LogP contribution in [0.3, 0.4) is 0 Å². The first-order chi connectivity index (χ1) is 34.4. The Hall–Kier alpha value is -7.36. The van der Waals surface area contributed by atoms with Crippen molar-refractivity contribution in [2.45, 2.75) is 97.8 Å². The molecule has 0 atom stereocenters. The highest BCUT2D eigenvalue weighted by molar-refractivity contribution is 7.00. The molecule has 354 valence electrons. The van der Waals surface area contributed by atoms with Crippen LogP contribution in [0, 0.1) is 0 Å². The van der Waals surface area contributed by atoms with E-state index in [9.17, 15) is 0 Å². The molecule has 1 aliphatic carbocycles. The summed E-state index contributed by atoms with van der Waals surface area (Å²) < 4.78 is 0. The summed E-state index contributed by atoms with van der Waals surface area (Å²) in [4.78, 5) is 5.23. The van der Waals surface area contributed by atoms with Gasteiger partial charge in [0.15, 0.2) is 0 Å². The van der Waals surface area contributed by atoms with E-state index in [1.54, 1.807) is 0 Å². The zero-order valence-corrected chi connectivity index (χ0v) is 43.9. The van der Waals surface area contributed by atoms with E-state index in [0.29, 0.717) is 0 Å². The van der Waals surface area contributed by atoms with Gasteiger partial charge in [0, 0.05) is 39.4 Å². The van der Waals surface area contributed by atoms with E-state index in [1.807, 2.05) is 0 Å². The van der Waals surface area contributed by atoms with Crippen LogP contribution >= 0.6 is 0 Å². The van der Waals surface area contributed by atoms with E-state index in [4.69, 9.17) is 0 Å². The van der Waals surface area contributed by atoms with Gasteiger partial charge in [0.1, 0.15) is 0 Å². The predicted octanol–water partition coefficient (Wildman–Crippen LogP) is 17.0. The van der Waals surface area contributed by atoms with Crippen molar-refractivity contribution in [1.82, 2.24) is 0 Å². The summed E-state index contributed by atoms with van der Waals surface area (Å²) in [5.74, 6) is 0. The van der Waals surface area contributed by atoms with Crippen LogP contribution in [0.15, 0.2) is 194 Å². The number of hydrogen-bond acceptors (Lipinski definition) is 2. The van der Waals surface area contributed by atoms with Crippen molar-refractivity contribution in [3.63, 3.8) is 0 Å². The molecule has 0 N–H and O–H groups in total. The highest BCUT2D eigenvalue weighted by atomic mass is 15.2. The molecule has 2 aliphatic heterocycles. The second-order valence-corrected chi connectivity index (χ2v) is 24.2. The average Bonchev–Trinajstić information content (AvgIpc) is 3.61. The first-order valence-electron chi connectivity index (χ1n) is 26.0. The molecule has 0 radical (unpaired) electrons. The topological polar surface area (TPSA) is 6.48 Å². The van der Waals surface area contributed by atoms with Crippen LogP contribution in [0.4, 0.5) is 34.1 Å². The molecule has 0 unspecified atom stereocenters. The molecular formula is C69H65BN2. The van der Waals surface area contributed by atoms with Crippen molar-refractivity contribution in [2.24, 2.45) is 0 Å². The van der Waals surface area contributed by atoms with Gasteiger partial charge in [-0.1, -0.05) is 222 Å². The van der Waals surface area contributed by atoms with Gasteiger partial charge >= 0.3 is 0 Å². The van der Waals surface area contributed by atoms with Crippen molar-refractivity contribution in [3.8, 4) is 44.5 Å². The van der Waals surface area contributed by atoms with E-state index < -0.39 is 0 Å². The highest BCUT2D eigenvalue weighted by Crippen LogP contribution is 2.53. The Labute approximate surface area is 429 Å². The zero-order chi connectivity index (χ0) is 50.1. The molecular weight excluding hydrogens is 868 g/mol. The zero-order valence-electron chi connectivity index (χ0n) is 43.9. The van der Waals surface area contributed by atoms with Crippen molar-refractivity contribution >= 4 is 57.2 Å². The smallest absolute Gasteiger partial charge is 0.252 e. The number of anilines is 6. The van der Waals surface area contributed by atoms with E-state index in [2.05, 4.69) is 280 Å². The second kappa shape index (κ2) is 16.3. The van der Waals surface area contributed by atoms with Crippen LogP contribution in [-0.4, -0.2) is 6.71 Å². The third-order valence-electron chi connectivity index (χ3n) is 16.1. The Balaban J connectivity index is 1.14. The minimum Gasteiger partial charge on any atom is -0.311 e. The summed E-state index contributed by atoms with van der Waals surface area (Å²) in [7, 11) is 0. The number of nitrogens with zero attached hydrogens (tertiary/aromatic N) is 2. The number of hydrogen-bond donors (Lipinski definition) is 0. The molecule has 9 aromatic carbocycles. The van der Waals surface area contributed by atoms with Gasteiger partial charge in [-0.15, -0.1) is 0 Å². The maximum absolute atomic E-state index is 2.65. The Kier molecular flexibility index (Phi) is 10.4. The largest absolute Gasteiger partial charge is 0.311 e. The Morgan fingerprint density at radius 1 is 0.347 bits per heavy atom. The molecule has 3 aliphatic rings. The fourth-order valence-corrected chi connectivity index (χ4v) is 12.2. The second-order valence-electron chi connectivity index (χ2n) is 24.2. The van der Waals surface area contributed by atoms with Gasteiger partial charge in [-0.2, -0.15) is 0 Å². The summed E-state index contributed by atoms with van der Waals surface area (Å²) in [5, 5.41) is 0. The van der Waals surface area contributed by atoms with Gasteiger partial charge < -0.3 is 9.80 Å². The standard InChI is InChI=1S/C69H65BN2/c1-66(2,3)48-33-38-59(55(40-48)45-23-16-13-17-24-45)72-61-41-49(67(4,5)6)32-36-57(61)70-58-39-47(44-21-14-12-15-22-44)31-37-60(58)71(62-42-50(68(7,8)9)43-63(72)65(62)70)51-34-29-46(30-35-51)52-26-20-27-54-53-25-18-19-28-56(53)69(10,11)64(52)54/h12-43H,1-11H3. The first kappa shape index (κ1) is 45.8. The Morgan fingerprint density at radius 3 is 1.56 bits per heavy atom. The molecule has 0 saturated carbocycles. The lowest BCUT2D eigenvalue weighted by atomic mass is 9.33. The highest BCUT2D eigenvalue weighted by Gasteiger charge is 2.45. The normalized spacial score (nSPS) is 14.3. The van der Waals surface area contributed by atoms with Crippen LogP contribution < -0.4 is 26.2 Å². The summed E-state index contributed by atoms with van der Waals surface area (Å²) >= 11 is 0. The summed E-state index contributed by atoms with van der Waals surface area (Å²) in [6, 6.07) is 74.2. The molecule has 3 heteroatoms. The lowest BCUT2D eigenvalue weighted by molar-refractivity contribution is 0.589. The quantitative estimate of drug-likeness (QED) is 0.159. The number of benzene rings is 9. The van der Waals surface area contributed by atoms with Gasteiger partial charge in [0.25, 0.3) is 6.71 Å². The molecule has 2 heterocycles. The maximum atomic E-state index is 2.65. The monoisotopic (exact) mass is 933 g/mol. The van der Waals surface area contributed by atoms with Gasteiger partial charge in [0.05, 0.1) is 5.69 Å². The lowest BCUT2D eigenvalue weighted by Crippen LogP contribution is -2.61. The van der Waals surface area contributed by atoms with Crippen LogP contribution in [0.1, 0.15) is 104 Å². The van der Waals surface area contributed by atoms with Crippen LogP contribution in [0.2, 0.25) is 0 Å². The Morgan fingerprint density at radius 2 is 0.875 bits per heavy atom. The van der Waals surface area contributed by atoms with E-state index in [1.165, 1.54) is 117 Å². The summed E-state index contributed by atoms with van der Waals surface area (Å²) in [5.41, 5.74) is 27.7. The molecule has 0 bridgehead atoms. The fourth-order valence-electron chi connectivity index (χ4n) is 12.2. The van der Waals surface area contributed by atoms with Crippen LogP contribution in [0.5, 0.6) is 0 Å². The predicted molar refractivity (Wildman–Crippen MR) is 310 cm³/mol. The first-order valence-corrected chi connectivity index (χ1v) is 26.0. The van der Waals surface area contributed by atoms with Crippen molar-refractivity contribution in [2.75, 3.05) is 9.80 Å². The Bertz CT molecular complexity index is 3600. The van der Waals surface area contributed by atoms with E-state index in [-0.39, 0.29) is 28.4 Å². The van der Waals surface area contributed by atoms with Gasteiger partial charge in [0.2, 0.25) is 0 Å². The molecule has 12 rings (SSSR count). The minimum atomic E-state index is -0.149. The maximum Gasteiger partial charge on any atom is 0.252 e. The summed E-state index contributed by atoms with van der Waals surface area (Å²) in [6.45, 7) is 25.9. The average molecular weight is 933 g/mol. The molecule has 9 aromatic rings. The molecule has 0 fully saturated rings. The van der Waals surface area contributed by atoms with Gasteiger partial charge in [-0.05, 0) is 148 Å². The van der Waals surface area contributed by atoms with Crippen LogP contribution in [0.25, 0.3) is 44.5 Å². The van der Waals surface area contributed by atoms with Gasteiger partial charge in [-0.3, -0.25) is 0 Å².